The number of amides is 1. The largest absolute Gasteiger partial charge is 0.497 e. The van der Waals surface area contributed by atoms with Crippen LogP contribution < -0.4 is 4.74 Å². The molecule has 0 saturated carbocycles. The minimum absolute atomic E-state index is 0.189. The van der Waals surface area contributed by atoms with Gasteiger partial charge in [-0.25, -0.2) is 0 Å². The van der Waals surface area contributed by atoms with Crippen molar-refractivity contribution in [1.82, 2.24) is 9.80 Å². The van der Waals surface area contributed by atoms with Gasteiger partial charge in [0.15, 0.2) is 0 Å². The zero-order valence-electron chi connectivity index (χ0n) is 16.0. The average molecular weight is 348 g/mol. The van der Waals surface area contributed by atoms with Crippen LogP contribution in [0.15, 0.2) is 24.3 Å². The molecule has 0 aliphatic carbocycles. The highest BCUT2D eigenvalue weighted by Gasteiger charge is 2.35. The van der Waals surface area contributed by atoms with Crippen molar-refractivity contribution in [3.63, 3.8) is 0 Å². The Labute approximate surface area is 151 Å². The van der Waals surface area contributed by atoms with Crippen LogP contribution in [0.1, 0.15) is 38.7 Å². The summed E-state index contributed by atoms with van der Waals surface area (Å²) in [5.41, 5.74) is 0.475. The molecule has 0 unspecified atom stereocenters. The van der Waals surface area contributed by atoms with Crippen molar-refractivity contribution in [2.24, 2.45) is 0 Å². The van der Waals surface area contributed by atoms with Gasteiger partial charge in [0.1, 0.15) is 5.75 Å². The number of likely N-dealkylation sites (tertiary alicyclic amines) is 1. The Bertz CT molecular complexity index is 549. The number of ether oxygens (including phenoxy) is 1. The molecule has 5 nitrogen and oxygen atoms in total. The fourth-order valence-corrected chi connectivity index (χ4v) is 3.54. The fraction of sp³-hybridized carbons (Fsp3) is 0.650. The molecule has 0 radical (unpaired) electrons. The summed E-state index contributed by atoms with van der Waals surface area (Å²) in [6, 6.07) is 8.28. The molecule has 1 N–H and O–H groups in total. The van der Waals surface area contributed by atoms with Gasteiger partial charge in [-0.1, -0.05) is 12.1 Å². The topological polar surface area (TPSA) is 53.0 Å². The molecule has 1 saturated heterocycles. The molecule has 1 aliphatic rings. The first-order valence-electron chi connectivity index (χ1n) is 9.15. The van der Waals surface area contributed by atoms with E-state index in [1.807, 2.05) is 43.0 Å². The van der Waals surface area contributed by atoms with Crippen molar-refractivity contribution >= 4 is 5.91 Å². The molecule has 0 atom stereocenters. The number of aliphatic hydroxyl groups is 1. The fourth-order valence-electron chi connectivity index (χ4n) is 3.54. The highest BCUT2D eigenvalue weighted by Crippen LogP contribution is 2.29. The lowest BCUT2D eigenvalue weighted by Gasteiger charge is -2.40. The first kappa shape index (κ1) is 19.7. The van der Waals surface area contributed by atoms with E-state index in [2.05, 4.69) is 11.9 Å². The van der Waals surface area contributed by atoms with Gasteiger partial charge < -0.3 is 19.6 Å². The number of carbonyl (C=O) groups is 1. The number of hydrogen-bond donors (Lipinski definition) is 1. The normalized spacial score (nSPS) is 16.3. The maximum atomic E-state index is 13.1. The van der Waals surface area contributed by atoms with Crippen molar-refractivity contribution in [3.8, 4) is 5.75 Å². The first-order valence-corrected chi connectivity index (χ1v) is 9.15. The molecule has 1 amide bonds. The Morgan fingerprint density at radius 1 is 1.28 bits per heavy atom. The van der Waals surface area contributed by atoms with Crippen LogP contribution in [0.3, 0.4) is 0 Å². The van der Waals surface area contributed by atoms with Gasteiger partial charge in [-0.05, 0) is 57.9 Å². The molecule has 1 heterocycles. The number of aliphatic hydroxyl groups excluding tert-OH is 1. The van der Waals surface area contributed by atoms with Crippen molar-refractivity contribution < 1.29 is 14.6 Å². The Balaban J connectivity index is 1.96. The summed E-state index contributed by atoms with van der Waals surface area (Å²) in [6.07, 6.45) is 2.79. The van der Waals surface area contributed by atoms with Gasteiger partial charge in [-0.2, -0.15) is 0 Å². The third-order valence-electron chi connectivity index (χ3n) is 5.39. The lowest BCUT2D eigenvalue weighted by atomic mass is 9.82. The highest BCUT2D eigenvalue weighted by atomic mass is 16.5. The summed E-state index contributed by atoms with van der Waals surface area (Å²) in [7, 11) is 3.76. The van der Waals surface area contributed by atoms with Crippen molar-refractivity contribution in [2.75, 3.05) is 40.4 Å². The number of nitrogens with zero attached hydrogens (tertiary/aromatic N) is 2. The van der Waals surface area contributed by atoms with Crippen LogP contribution in [0.2, 0.25) is 0 Å². The Morgan fingerprint density at radius 2 is 1.88 bits per heavy atom. The predicted molar refractivity (Wildman–Crippen MR) is 100.0 cm³/mol. The van der Waals surface area contributed by atoms with Crippen molar-refractivity contribution in [3.05, 3.63) is 29.8 Å². The zero-order valence-corrected chi connectivity index (χ0v) is 16.0. The van der Waals surface area contributed by atoms with E-state index < -0.39 is 5.41 Å². The van der Waals surface area contributed by atoms with Crippen LogP contribution in [-0.4, -0.2) is 67.3 Å². The second kappa shape index (κ2) is 8.68. The van der Waals surface area contributed by atoms with Gasteiger partial charge in [0, 0.05) is 32.3 Å². The number of methoxy groups -OCH3 is 1. The summed E-state index contributed by atoms with van der Waals surface area (Å²) in [5.74, 6) is 0.993. The van der Waals surface area contributed by atoms with Gasteiger partial charge in [0.25, 0.3) is 0 Å². The van der Waals surface area contributed by atoms with E-state index in [0.717, 1.165) is 50.2 Å². The minimum atomic E-state index is -0.540. The lowest BCUT2D eigenvalue weighted by Crippen LogP contribution is -2.50. The number of carbonyl (C=O) groups excluding carboxylic acids is 1. The van der Waals surface area contributed by atoms with Crippen LogP contribution in [0.25, 0.3) is 0 Å². The maximum Gasteiger partial charge on any atom is 0.232 e. The van der Waals surface area contributed by atoms with Gasteiger partial charge in [-0.3, -0.25) is 4.79 Å². The quantitative estimate of drug-likeness (QED) is 0.821. The van der Waals surface area contributed by atoms with Crippen LogP contribution in [0, 0.1) is 0 Å². The summed E-state index contributed by atoms with van der Waals surface area (Å²) in [4.78, 5) is 17.4. The van der Waals surface area contributed by atoms with Gasteiger partial charge in [-0.15, -0.1) is 0 Å². The molecular weight excluding hydrogens is 316 g/mol. The molecule has 1 aromatic rings. The molecule has 25 heavy (non-hydrogen) atoms. The standard InChI is InChI=1S/C20H32N2O3/c1-20(2,16-6-8-18(25-4)9-7-16)19(24)22-13-10-17(11-14-22)21(3)12-5-15-23/h6-9,17,23H,5,10-15H2,1-4H3. The summed E-state index contributed by atoms with van der Waals surface area (Å²) in [5, 5.41) is 8.97. The number of rotatable bonds is 7. The van der Waals surface area contributed by atoms with Gasteiger partial charge >= 0.3 is 0 Å². The second-order valence-corrected chi connectivity index (χ2v) is 7.43. The SMILES string of the molecule is COc1ccc(C(C)(C)C(=O)N2CCC(N(C)CCCO)CC2)cc1. The molecule has 5 heteroatoms. The van der Waals surface area contributed by atoms with E-state index in [1.165, 1.54) is 0 Å². The summed E-state index contributed by atoms with van der Waals surface area (Å²) in [6.45, 7) is 6.73. The third-order valence-corrected chi connectivity index (χ3v) is 5.39. The van der Waals surface area contributed by atoms with Gasteiger partial charge in [0.2, 0.25) is 5.91 Å². The van der Waals surface area contributed by atoms with E-state index in [9.17, 15) is 4.79 Å². The van der Waals surface area contributed by atoms with E-state index in [-0.39, 0.29) is 12.5 Å². The van der Waals surface area contributed by atoms with Crippen molar-refractivity contribution in [1.29, 1.82) is 0 Å². The molecule has 1 aromatic carbocycles. The monoisotopic (exact) mass is 348 g/mol. The molecule has 0 aromatic heterocycles. The maximum absolute atomic E-state index is 13.1. The Morgan fingerprint density at radius 3 is 2.40 bits per heavy atom. The minimum Gasteiger partial charge on any atom is -0.497 e. The van der Waals surface area contributed by atoms with Crippen LogP contribution >= 0.6 is 0 Å². The molecule has 1 fully saturated rings. The third kappa shape index (κ3) is 4.73. The number of benzene rings is 1. The molecule has 2 rings (SSSR count). The molecular formula is C20H32N2O3. The molecule has 0 bridgehead atoms. The van der Waals surface area contributed by atoms with Gasteiger partial charge in [0.05, 0.1) is 12.5 Å². The summed E-state index contributed by atoms with van der Waals surface area (Å²) >= 11 is 0. The second-order valence-electron chi connectivity index (χ2n) is 7.43. The Kier molecular flexibility index (Phi) is 6.85. The van der Waals surface area contributed by atoms with Crippen LogP contribution in [0.5, 0.6) is 5.75 Å². The molecule has 0 spiro atoms. The summed E-state index contributed by atoms with van der Waals surface area (Å²) < 4.78 is 5.21. The van der Waals surface area contributed by atoms with Crippen LogP contribution in [-0.2, 0) is 10.2 Å². The molecule has 1 aliphatic heterocycles. The average Bonchev–Trinajstić information content (AvgIpc) is 2.65. The first-order chi connectivity index (χ1) is 11.9. The van der Waals surface area contributed by atoms with Crippen LogP contribution in [0.4, 0.5) is 0 Å². The van der Waals surface area contributed by atoms with E-state index >= 15 is 0 Å². The Hall–Kier alpha value is -1.59. The lowest BCUT2D eigenvalue weighted by molar-refractivity contribution is -0.137. The number of hydrogen-bond acceptors (Lipinski definition) is 4. The highest BCUT2D eigenvalue weighted by molar-refractivity contribution is 5.87. The predicted octanol–water partition coefficient (Wildman–Crippen LogP) is 2.28. The van der Waals surface area contributed by atoms with E-state index in [0.29, 0.717) is 6.04 Å². The molecule has 140 valence electrons. The van der Waals surface area contributed by atoms with Crippen molar-refractivity contribution in [2.45, 2.75) is 44.6 Å². The van der Waals surface area contributed by atoms with E-state index in [4.69, 9.17) is 9.84 Å². The smallest absolute Gasteiger partial charge is 0.232 e. The van der Waals surface area contributed by atoms with E-state index in [1.54, 1.807) is 7.11 Å². The number of piperidine rings is 1. The zero-order chi connectivity index (χ0) is 18.4.